The number of carbonyl (C=O) groups excluding carboxylic acids is 1. The van der Waals surface area contributed by atoms with E-state index in [4.69, 9.17) is 10.6 Å². The minimum atomic E-state index is -0.436. The first-order chi connectivity index (χ1) is 11.0. The fourth-order valence-electron chi connectivity index (χ4n) is 1.94. The van der Waals surface area contributed by atoms with Gasteiger partial charge in [0.25, 0.3) is 0 Å². The molecule has 1 aromatic carbocycles. The molecule has 0 saturated carbocycles. The van der Waals surface area contributed by atoms with Gasteiger partial charge in [0.1, 0.15) is 5.82 Å². The van der Waals surface area contributed by atoms with Crippen molar-refractivity contribution in [3.05, 3.63) is 30.1 Å². The summed E-state index contributed by atoms with van der Waals surface area (Å²) in [5.41, 5.74) is 0.257. The molecule has 0 aliphatic heterocycles. The van der Waals surface area contributed by atoms with E-state index in [0.717, 1.165) is 11.8 Å². The molecule has 23 heavy (non-hydrogen) atoms. The average Bonchev–Trinajstić information content (AvgIpc) is 2.87. The van der Waals surface area contributed by atoms with Crippen LogP contribution in [0, 0.1) is 5.82 Å². The number of nitrogens with two attached hydrogens (primary N) is 1. The number of nitrogens with one attached hydrogen (secondary N) is 1. The van der Waals surface area contributed by atoms with Gasteiger partial charge in [-0.1, -0.05) is 23.9 Å². The van der Waals surface area contributed by atoms with Crippen molar-refractivity contribution in [2.75, 3.05) is 25.3 Å². The van der Waals surface area contributed by atoms with Crippen LogP contribution in [0.4, 0.5) is 4.39 Å². The number of methoxy groups -OCH3 is 1. The molecule has 3 N–H and O–H groups in total. The number of halogens is 1. The lowest BCUT2D eigenvalue weighted by Crippen LogP contribution is -2.36. The van der Waals surface area contributed by atoms with Crippen LogP contribution in [0.15, 0.2) is 29.4 Å². The molecule has 0 radical (unpaired) electrons. The molecule has 1 unspecified atom stereocenters. The molecule has 1 amide bonds. The standard InChI is InChI=1S/C14H18FN5O2S/c1-9(7-22-2)17-12(21)8-23-14-19-18-13(20(14)16)10-5-3-4-6-11(10)15/h3-6,9H,7-8,16H2,1-2H3,(H,17,21). The summed E-state index contributed by atoms with van der Waals surface area (Å²) in [5, 5.41) is 10.9. The van der Waals surface area contributed by atoms with Gasteiger partial charge < -0.3 is 15.9 Å². The monoisotopic (exact) mass is 339 g/mol. The minimum Gasteiger partial charge on any atom is -0.383 e. The van der Waals surface area contributed by atoms with Crippen molar-refractivity contribution in [1.82, 2.24) is 20.2 Å². The maximum Gasteiger partial charge on any atom is 0.230 e. The smallest absolute Gasteiger partial charge is 0.230 e. The molecule has 124 valence electrons. The lowest BCUT2D eigenvalue weighted by molar-refractivity contribution is -0.119. The Morgan fingerprint density at radius 2 is 2.22 bits per heavy atom. The zero-order valence-electron chi connectivity index (χ0n) is 12.8. The molecule has 0 aliphatic carbocycles. The molecule has 1 heterocycles. The van der Waals surface area contributed by atoms with Gasteiger partial charge in [-0.15, -0.1) is 10.2 Å². The van der Waals surface area contributed by atoms with Gasteiger partial charge in [0.2, 0.25) is 11.1 Å². The predicted octanol–water partition coefficient (Wildman–Crippen LogP) is 1.04. The average molecular weight is 339 g/mol. The van der Waals surface area contributed by atoms with Crippen molar-refractivity contribution >= 4 is 17.7 Å². The highest BCUT2D eigenvalue weighted by Crippen LogP contribution is 2.23. The van der Waals surface area contributed by atoms with Crippen LogP contribution >= 0.6 is 11.8 Å². The summed E-state index contributed by atoms with van der Waals surface area (Å²) in [4.78, 5) is 11.8. The van der Waals surface area contributed by atoms with Crippen LogP contribution < -0.4 is 11.2 Å². The number of hydrogen-bond acceptors (Lipinski definition) is 6. The molecular weight excluding hydrogens is 321 g/mol. The SMILES string of the molecule is COCC(C)NC(=O)CSc1nnc(-c2ccccc2F)n1N. The number of nitrogens with zero attached hydrogens (tertiary/aromatic N) is 3. The summed E-state index contributed by atoms with van der Waals surface area (Å²) in [6.07, 6.45) is 0. The second-order valence-electron chi connectivity index (χ2n) is 4.87. The van der Waals surface area contributed by atoms with Crippen LogP contribution in [0.3, 0.4) is 0 Å². The van der Waals surface area contributed by atoms with Crippen LogP contribution in [0.2, 0.25) is 0 Å². The summed E-state index contributed by atoms with van der Waals surface area (Å²) in [5.74, 6) is 5.62. The Morgan fingerprint density at radius 1 is 1.48 bits per heavy atom. The Hall–Kier alpha value is -2.13. The number of carbonyl (C=O) groups is 1. The number of hydrogen-bond donors (Lipinski definition) is 2. The number of rotatable bonds is 7. The lowest BCUT2D eigenvalue weighted by atomic mass is 10.2. The highest BCUT2D eigenvalue weighted by Gasteiger charge is 2.16. The van der Waals surface area contributed by atoms with Crippen molar-refractivity contribution in [1.29, 1.82) is 0 Å². The van der Waals surface area contributed by atoms with Gasteiger partial charge in [-0.05, 0) is 19.1 Å². The zero-order valence-corrected chi connectivity index (χ0v) is 13.6. The van der Waals surface area contributed by atoms with Crippen molar-refractivity contribution in [3.63, 3.8) is 0 Å². The van der Waals surface area contributed by atoms with Gasteiger partial charge in [0.15, 0.2) is 5.82 Å². The molecule has 0 bridgehead atoms. The molecule has 0 spiro atoms. The first-order valence-corrected chi connectivity index (χ1v) is 7.88. The van der Waals surface area contributed by atoms with E-state index in [0.29, 0.717) is 11.8 Å². The van der Waals surface area contributed by atoms with Crippen LogP contribution in [0.25, 0.3) is 11.4 Å². The van der Waals surface area contributed by atoms with Gasteiger partial charge in [-0.3, -0.25) is 4.79 Å². The fraction of sp³-hybridized carbons (Fsp3) is 0.357. The molecule has 2 aromatic rings. The Labute approximate surface area is 137 Å². The van der Waals surface area contributed by atoms with Crippen molar-refractivity contribution in [3.8, 4) is 11.4 Å². The van der Waals surface area contributed by atoms with Gasteiger partial charge in [-0.2, -0.15) is 0 Å². The quantitative estimate of drug-likeness (QED) is 0.578. The molecule has 0 saturated heterocycles. The van der Waals surface area contributed by atoms with E-state index in [-0.39, 0.29) is 29.1 Å². The number of amides is 1. The third-order valence-corrected chi connectivity index (χ3v) is 3.88. The molecule has 0 aliphatic rings. The van der Waals surface area contributed by atoms with E-state index in [1.807, 2.05) is 6.92 Å². The first kappa shape index (κ1) is 17.2. The van der Waals surface area contributed by atoms with E-state index in [1.165, 1.54) is 10.7 Å². The number of nitrogen functional groups attached to an aromatic ring is 1. The number of benzene rings is 1. The van der Waals surface area contributed by atoms with Gasteiger partial charge in [0, 0.05) is 13.2 Å². The van der Waals surface area contributed by atoms with E-state index in [1.54, 1.807) is 25.3 Å². The highest BCUT2D eigenvalue weighted by molar-refractivity contribution is 7.99. The van der Waals surface area contributed by atoms with Crippen molar-refractivity contribution in [2.24, 2.45) is 0 Å². The van der Waals surface area contributed by atoms with Crippen LogP contribution in [-0.2, 0) is 9.53 Å². The van der Waals surface area contributed by atoms with Gasteiger partial charge in [-0.25, -0.2) is 9.07 Å². The van der Waals surface area contributed by atoms with E-state index < -0.39 is 5.82 Å². The molecule has 1 aromatic heterocycles. The third-order valence-electron chi connectivity index (χ3n) is 2.94. The zero-order chi connectivity index (χ0) is 16.8. The topological polar surface area (TPSA) is 95.1 Å². The number of ether oxygens (including phenoxy) is 1. The highest BCUT2D eigenvalue weighted by atomic mass is 32.2. The van der Waals surface area contributed by atoms with Crippen LogP contribution in [-0.4, -0.2) is 46.3 Å². The second kappa shape index (κ2) is 7.93. The third kappa shape index (κ3) is 4.42. The van der Waals surface area contributed by atoms with Gasteiger partial charge >= 0.3 is 0 Å². The summed E-state index contributed by atoms with van der Waals surface area (Å²) in [7, 11) is 1.57. The molecular formula is C14H18FN5O2S. The summed E-state index contributed by atoms with van der Waals surface area (Å²) >= 11 is 1.13. The fourth-order valence-corrected chi connectivity index (χ4v) is 2.61. The Bertz CT molecular complexity index is 679. The normalized spacial score (nSPS) is 12.1. The first-order valence-electron chi connectivity index (χ1n) is 6.89. The molecule has 7 nitrogen and oxygen atoms in total. The Kier molecular flexibility index (Phi) is 5.94. The molecule has 1 atom stereocenters. The predicted molar refractivity (Wildman–Crippen MR) is 85.8 cm³/mol. The van der Waals surface area contributed by atoms with Crippen molar-refractivity contribution in [2.45, 2.75) is 18.1 Å². The number of thioether (sulfide) groups is 1. The maximum atomic E-state index is 13.8. The van der Waals surface area contributed by atoms with E-state index in [9.17, 15) is 9.18 Å². The molecule has 9 heteroatoms. The second-order valence-corrected chi connectivity index (χ2v) is 5.81. The van der Waals surface area contributed by atoms with Gasteiger partial charge in [0.05, 0.1) is 17.9 Å². The molecule has 2 rings (SSSR count). The summed E-state index contributed by atoms with van der Waals surface area (Å²) < 4.78 is 19.9. The molecule has 0 fully saturated rings. The number of aromatic nitrogens is 3. The van der Waals surface area contributed by atoms with Crippen LogP contribution in [0.1, 0.15) is 6.92 Å². The Morgan fingerprint density at radius 3 is 2.91 bits per heavy atom. The Balaban J connectivity index is 2.00. The summed E-state index contributed by atoms with van der Waals surface area (Å²) in [6.45, 7) is 2.27. The van der Waals surface area contributed by atoms with E-state index >= 15 is 0 Å². The summed E-state index contributed by atoms with van der Waals surface area (Å²) in [6, 6.07) is 6.07. The van der Waals surface area contributed by atoms with Crippen LogP contribution in [0.5, 0.6) is 0 Å². The largest absolute Gasteiger partial charge is 0.383 e. The lowest BCUT2D eigenvalue weighted by Gasteiger charge is -2.12. The van der Waals surface area contributed by atoms with E-state index in [2.05, 4.69) is 15.5 Å². The minimum absolute atomic E-state index is 0.0853. The van der Waals surface area contributed by atoms with Crippen molar-refractivity contribution < 1.29 is 13.9 Å². The maximum absolute atomic E-state index is 13.8.